The normalized spacial score (nSPS) is 14.8. The van der Waals surface area contributed by atoms with E-state index >= 15 is 0 Å². The van der Waals surface area contributed by atoms with E-state index in [1.807, 2.05) is 12.1 Å². The van der Waals surface area contributed by atoms with E-state index in [9.17, 15) is 9.59 Å². The molecule has 0 atom stereocenters. The van der Waals surface area contributed by atoms with Crippen molar-refractivity contribution in [2.24, 2.45) is 11.7 Å². The molecular formula is C21H23ClN2O3. The Morgan fingerprint density at radius 2 is 1.67 bits per heavy atom. The summed E-state index contributed by atoms with van der Waals surface area (Å²) in [6, 6.07) is 14.2. The van der Waals surface area contributed by atoms with E-state index in [0.717, 1.165) is 30.7 Å². The third-order valence-electron chi connectivity index (χ3n) is 4.97. The fourth-order valence-corrected chi connectivity index (χ4v) is 3.40. The molecule has 0 aliphatic carbocycles. The number of carbonyl (C=O) groups is 2. The van der Waals surface area contributed by atoms with Crippen LogP contribution >= 0.6 is 11.6 Å². The first kappa shape index (κ1) is 19.2. The van der Waals surface area contributed by atoms with Gasteiger partial charge in [0.05, 0.1) is 0 Å². The number of primary amides is 1. The van der Waals surface area contributed by atoms with E-state index in [0.29, 0.717) is 30.3 Å². The van der Waals surface area contributed by atoms with Gasteiger partial charge in [-0.15, -0.1) is 0 Å². The summed E-state index contributed by atoms with van der Waals surface area (Å²) in [6.45, 7) is 1.40. The number of hydrogen-bond donors (Lipinski definition) is 1. The van der Waals surface area contributed by atoms with Crippen molar-refractivity contribution in [2.45, 2.75) is 25.7 Å². The summed E-state index contributed by atoms with van der Waals surface area (Å²) >= 11 is 5.92. The maximum Gasteiger partial charge on any atom is 0.415 e. The highest BCUT2D eigenvalue weighted by Crippen LogP contribution is 2.24. The molecule has 1 aliphatic rings. The van der Waals surface area contributed by atoms with E-state index in [4.69, 9.17) is 22.1 Å². The number of ether oxygens (including phenoxy) is 1. The van der Waals surface area contributed by atoms with Crippen LogP contribution in [0.1, 0.15) is 35.2 Å². The van der Waals surface area contributed by atoms with E-state index < -0.39 is 5.91 Å². The van der Waals surface area contributed by atoms with Crippen molar-refractivity contribution in [1.82, 2.24) is 4.90 Å². The molecule has 1 fully saturated rings. The largest absolute Gasteiger partial charge is 0.415 e. The number of hydrogen-bond acceptors (Lipinski definition) is 3. The summed E-state index contributed by atoms with van der Waals surface area (Å²) in [6.07, 6.45) is 3.74. The number of likely N-dealkylation sites (tertiary alicyclic amines) is 1. The topological polar surface area (TPSA) is 72.6 Å². The van der Waals surface area contributed by atoms with Gasteiger partial charge < -0.3 is 15.4 Å². The van der Waals surface area contributed by atoms with Gasteiger partial charge in [0.25, 0.3) is 0 Å². The van der Waals surface area contributed by atoms with Crippen LogP contribution in [0.25, 0.3) is 0 Å². The number of nitrogens with two attached hydrogens (primary N) is 1. The molecule has 142 valence electrons. The molecule has 6 heteroatoms. The number of benzene rings is 2. The predicted octanol–water partition coefficient (Wildman–Crippen LogP) is 4.28. The van der Waals surface area contributed by atoms with Gasteiger partial charge >= 0.3 is 6.09 Å². The molecule has 5 nitrogen and oxygen atoms in total. The molecule has 0 bridgehead atoms. The molecule has 27 heavy (non-hydrogen) atoms. The zero-order chi connectivity index (χ0) is 19.2. The lowest BCUT2D eigenvalue weighted by atomic mass is 9.91. The molecule has 2 aromatic rings. The SMILES string of the molecule is NC(=O)c1ccc(OC(=O)N2CCC(CCc3ccc(Cl)cc3)CC2)cc1. The fourth-order valence-electron chi connectivity index (χ4n) is 3.28. The van der Waals surface area contributed by atoms with Gasteiger partial charge in [-0.2, -0.15) is 0 Å². The highest BCUT2D eigenvalue weighted by Gasteiger charge is 2.24. The third-order valence-corrected chi connectivity index (χ3v) is 5.22. The molecular weight excluding hydrogens is 364 g/mol. The number of amides is 2. The smallest absolute Gasteiger partial charge is 0.410 e. The number of nitrogens with zero attached hydrogens (tertiary/aromatic N) is 1. The summed E-state index contributed by atoms with van der Waals surface area (Å²) < 4.78 is 5.39. The quantitative estimate of drug-likeness (QED) is 0.833. The van der Waals surface area contributed by atoms with Crippen molar-refractivity contribution in [2.75, 3.05) is 13.1 Å². The Balaban J connectivity index is 1.43. The average molecular weight is 387 g/mol. The molecule has 1 saturated heterocycles. The molecule has 0 unspecified atom stereocenters. The molecule has 0 radical (unpaired) electrons. The highest BCUT2D eigenvalue weighted by atomic mass is 35.5. The first-order valence-electron chi connectivity index (χ1n) is 9.12. The van der Waals surface area contributed by atoms with Gasteiger partial charge in [0, 0.05) is 23.7 Å². The van der Waals surface area contributed by atoms with Crippen LogP contribution in [0.5, 0.6) is 5.75 Å². The number of carbonyl (C=O) groups excluding carboxylic acids is 2. The molecule has 1 heterocycles. The fraction of sp³-hybridized carbons (Fsp3) is 0.333. The molecule has 0 aromatic heterocycles. The Kier molecular flexibility index (Phi) is 6.35. The summed E-state index contributed by atoms with van der Waals surface area (Å²) in [5.74, 6) is 0.517. The molecule has 2 aromatic carbocycles. The molecule has 0 spiro atoms. The number of piperidine rings is 1. The lowest BCUT2D eigenvalue weighted by molar-refractivity contribution is 0.100. The van der Waals surface area contributed by atoms with Gasteiger partial charge in [0.15, 0.2) is 0 Å². The van der Waals surface area contributed by atoms with Gasteiger partial charge in [-0.05, 0) is 73.6 Å². The number of halogens is 1. The van der Waals surface area contributed by atoms with Crippen molar-refractivity contribution < 1.29 is 14.3 Å². The number of aryl methyl sites for hydroxylation is 1. The van der Waals surface area contributed by atoms with Crippen LogP contribution in [0.2, 0.25) is 5.02 Å². The van der Waals surface area contributed by atoms with Crippen LogP contribution in [0.4, 0.5) is 4.79 Å². The van der Waals surface area contributed by atoms with Crippen molar-refractivity contribution in [3.63, 3.8) is 0 Å². The lowest BCUT2D eigenvalue weighted by Crippen LogP contribution is -2.40. The average Bonchev–Trinajstić information content (AvgIpc) is 2.68. The van der Waals surface area contributed by atoms with Crippen molar-refractivity contribution in [3.8, 4) is 5.75 Å². The first-order valence-corrected chi connectivity index (χ1v) is 9.50. The predicted molar refractivity (Wildman–Crippen MR) is 105 cm³/mol. The van der Waals surface area contributed by atoms with Crippen LogP contribution in [0.15, 0.2) is 48.5 Å². The standard InChI is InChI=1S/C21H23ClN2O3/c22-18-7-3-15(4-8-18)1-2-16-11-13-24(14-12-16)21(26)27-19-9-5-17(6-10-19)20(23)25/h3-10,16H,1-2,11-14H2,(H2,23,25). The van der Waals surface area contributed by atoms with Crippen LogP contribution < -0.4 is 10.5 Å². The second-order valence-electron chi connectivity index (χ2n) is 6.85. The highest BCUT2D eigenvalue weighted by molar-refractivity contribution is 6.30. The molecule has 1 aliphatic heterocycles. The maximum absolute atomic E-state index is 12.3. The summed E-state index contributed by atoms with van der Waals surface area (Å²) in [4.78, 5) is 25.1. The van der Waals surface area contributed by atoms with E-state index in [2.05, 4.69) is 12.1 Å². The third kappa shape index (κ3) is 5.47. The van der Waals surface area contributed by atoms with E-state index in [1.165, 1.54) is 5.56 Å². The van der Waals surface area contributed by atoms with Gasteiger partial charge in [0.1, 0.15) is 5.75 Å². The van der Waals surface area contributed by atoms with Gasteiger partial charge in [-0.1, -0.05) is 23.7 Å². The second kappa shape index (κ2) is 8.91. The van der Waals surface area contributed by atoms with Gasteiger partial charge in [-0.25, -0.2) is 4.79 Å². The Morgan fingerprint density at radius 1 is 1.04 bits per heavy atom. The van der Waals surface area contributed by atoms with Gasteiger partial charge in [0.2, 0.25) is 5.91 Å². The van der Waals surface area contributed by atoms with Gasteiger partial charge in [-0.3, -0.25) is 4.79 Å². The summed E-state index contributed by atoms with van der Waals surface area (Å²) in [5.41, 5.74) is 6.88. The van der Waals surface area contributed by atoms with E-state index in [1.54, 1.807) is 29.2 Å². The van der Waals surface area contributed by atoms with Crippen molar-refractivity contribution in [1.29, 1.82) is 0 Å². The summed E-state index contributed by atoms with van der Waals surface area (Å²) in [5, 5.41) is 0.759. The van der Waals surface area contributed by atoms with E-state index in [-0.39, 0.29) is 6.09 Å². The maximum atomic E-state index is 12.3. The van der Waals surface area contributed by atoms with Crippen LogP contribution in [0, 0.1) is 5.92 Å². The zero-order valence-corrected chi connectivity index (χ0v) is 15.8. The minimum absolute atomic E-state index is 0.349. The molecule has 2 N–H and O–H groups in total. The molecule has 0 saturated carbocycles. The Hall–Kier alpha value is -2.53. The molecule has 2 amide bonds. The monoisotopic (exact) mass is 386 g/mol. The lowest BCUT2D eigenvalue weighted by Gasteiger charge is -2.31. The van der Waals surface area contributed by atoms with Crippen molar-refractivity contribution in [3.05, 3.63) is 64.7 Å². The minimum Gasteiger partial charge on any atom is -0.410 e. The Morgan fingerprint density at radius 3 is 2.26 bits per heavy atom. The zero-order valence-electron chi connectivity index (χ0n) is 15.1. The van der Waals surface area contributed by atoms with Crippen LogP contribution in [-0.4, -0.2) is 30.0 Å². The summed E-state index contributed by atoms with van der Waals surface area (Å²) in [7, 11) is 0. The second-order valence-corrected chi connectivity index (χ2v) is 7.29. The molecule has 3 rings (SSSR count). The number of rotatable bonds is 5. The first-order chi connectivity index (χ1) is 13.0. The Labute approximate surface area is 164 Å². The van der Waals surface area contributed by atoms with Crippen LogP contribution in [0.3, 0.4) is 0 Å². The Bertz CT molecular complexity index is 782. The van der Waals surface area contributed by atoms with Crippen molar-refractivity contribution >= 4 is 23.6 Å². The van der Waals surface area contributed by atoms with Crippen LogP contribution in [-0.2, 0) is 6.42 Å². The minimum atomic E-state index is -0.506.